The summed E-state index contributed by atoms with van der Waals surface area (Å²) in [4.78, 5) is 4.55. The highest BCUT2D eigenvalue weighted by Gasteiger charge is 2.08. The number of hydrogen-bond donors (Lipinski definition) is 1. The Morgan fingerprint density at radius 3 is 2.33 bits per heavy atom. The lowest BCUT2D eigenvalue weighted by atomic mass is 10.1. The molecule has 0 saturated carbocycles. The Bertz CT molecular complexity index is 352. The zero-order valence-electron chi connectivity index (χ0n) is 12.2. The second-order valence-corrected chi connectivity index (χ2v) is 4.78. The molecule has 0 aliphatic rings. The van der Waals surface area contributed by atoms with E-state index in [9.17, 15) is 0 Å². The molecule has 0 aliphatic carbocycles. The van der Waals surface area contributed by atoms with Crippen LogP contribution in [0.5, 0.6) is 0 Å². The number of nitrogens with zero attached hydrogens (tertiary/aromatic N) is 3. The smallest absolute Gasteiger partial charge is 0.243 e. The minimum atomic E-state index is 0.413. The summed E-state index contributed by atoms with van der Waals surface area (Å²) in [5.41, 5.74) is 2.08. The number of nitrogens with one attached hydrogen (secondary N) is 1. The van der Waals surface area contributed by atoms with Crippen LogP contribution in [0.1, 0.15) is 64.8 Å². The third-order valence-corrected chi connectivity index (χ3v) is 3.13. The zero-order chi connectivity index (χ0) is 13.4. The molecule has 18 heavy (non-hydrogen) atoms. The van der Waals surface area contributed by atoms with Gasteiger partial charge in [0.1, 0.15) is 0 Å². The van der Waals surface area contributed by atoms with Gasteiger partial charge < -0.3 is 5.32 Å². The van der Waals surface area contributed by atoms with Crippen molar-refractivity contribution in [3.05, 3.63) is 11.4 Å². The Kier molecular flexibility index (Phi) is 6.61. The van der Waals surface area contributed by atoms with Crippen LogP contribution in [-0.4, -0.2) is 21.2 Å². The Labute approximate surface area is 111 Å². The van der Waals surface area contributed by atoms with Gasteiger partial charge in [-0.2, -0.15) is 5.10 Å². The van der Waals surface area contributed by atoms with E-state index in [0.29, 0.717) is 12.0 Å². The molecule has 1 unspecified atom stereocenters. The lowest BCUT2D eigenvalue weighted by molar-refractivity contribution is 0.609. The molecule has 0 spiro atoms. The van der Waals surface area contributed by atoms with Gasteiger partial charge in [-0.05, 0) is 26.2 Å². The lowest BCUT2D eigenvalue weighted by Gasteiger charge is -2.14. The molecule has 1 rings (SSSR count). The fourth-order valence-corrected chi connectivity index (χ4v) is 1.99. The van der Waals surface area contributed by atoms with Gasteiger partial charge in [0, 0.05) is 6.04 Å². The van der Waals surface area contributed by atoms with Crippen molar-refractivity contribution < 1.29 is 0 Å². The molecule has 0 aliphatic heterocycles. The minimum absolute atomic E-state index is 0.413. The van der Waals surface area contributed by atoms with Crippen molar-refractivity contribution in [3.8, 4) is 0 Å². The van der Waals surface area contributed by atoms with Crippen molar-refractivity contribution in [3.63, 3.8) is 0 Å². The maximum Gasteiger partial charge on any atom is 0.243 e. The van der Waals surface area contributed by atoms with Gasteiger partial charge in [-0.1, -0.05) is 40.0 Å². The van der Waals surface area contributed by atoms with Crippen molar-refractivity contribution in [1.29, 1.82) is 0 Å². The molecular formula is C14H26N4. The average molecular weight is 250 g/mol. The molecule has 0 radical (unpaired) electrons. The summed E-state index contributed by atoms with van der Waals surface area (Å²) in [6.45, 7) is 8.60. The number of anilines is 1. The first kappa shape index (κ1) is 14.9. The van der Waals surface area contributed by atoms with E-state index in [4.69, 9.17) is 0 Å². The standard InChI is InChI=1S/C14H26N4/c1-5-8-9-10-11(4)15-14-16-12(6-2)13(7-3)17-18-14/h11H,5-10H2,1-4H3,(H,15,16,18). The fraction of sp³-hybridized carbons (Fsp3) is 0.786. The van der Waals surface area contributed by atoms with Crippen LogP contribution in [0.25, 0.3) is 0 Å². The maximum atomic E-state index is 4.55. The van der Waals surface area contributed by atoms with Crippen molar-refractivity contribution in [2.75, 3.05) is 5.32 Å². The van der Waals surface area contributed by atoms with E-state index in [1.54, 1.807) is 0 Å². The third kappa shape index (κ3) is 4.59. The predicted octanol–water partition coefficient (Wildman–Crippen LogP) is 3.38. The van der Waals surface area contributed by atoms with Gasteiger partial charge in [-0.15, -0.1) is 5.10 Å². The van der Waals surface area contributed by atoms with Gasteiger partial charge in [0.05, 0.1) is 11.4 Å². The second kappa shape index (κ2) is 8.01. The van der Waals surface area contributed by atoms with Crippen LogP contribution in [0.4, 0.5) is 5.95 Å². The molecule has 1 aromatic rings. The molecule has 1 aromatic heterocycles. The van der Waals surface area contributed by atoms with Crippen molar-refractivity contribution in [1.82, 2.24) is 15.2 Å². The monoisotopic (exact) mass is 250 g/mol. The molecule has 4 heteroatoms. The molecule has 1 heterocycles. The summed E-state index contributed by atoms with van der Waals surface area (Å²) in [5.74, 6) is 0.674. The van der Waals surface area contributed by atoms with Gasteiger partial charge in [-0.3, -0.25) is 0 Å². The van der Waals surface area contributed by atoms with Gasteiger partial charge in [0.25, 0.3) is 0 Å². The first-order valence-electron chi connectivity index (χ1n) is 7.20. The number of unbranched alkanes of at least 4 members (excludes halogenated alkanes) is 2. The summed E-state index contributed by atoms with van der Waals surface area (Å²) >= 11 is 0. The summed E-state index contributed by atoms with van der Waals surface area (Å²) in [6.07, 6.45) is 6.78. The van der Waals surface area contributed by atoms with Crippen molar-refractivity contribution >= 4 is 5.95 Å². The number of rotatable bonds is 8. The highest BCUT2D eigenvalue weighted by molar-refractivity contribution is 5.26. The van der Waals surface area contributed by atoms with E-state index >= 15 is 0 Å². The van der Waals surface area contributed by atoms with Crippen molar-refractivity contribution in [2.24, 2.45) is 0 Å². The van der Waals surface area contributed by atoms with Gasteiger partial charge >= 0.3 is 0 Å². The highest BCUT2D eigenvalue weighted by atomic mass is 15.2. The van der Waals surface area contributed by atoms with Crippen LogP contribution in [0.3, 0.4) is 0 Å². The Hall–Kier alpha value is -1.19. The fourth-order valence-electron chi connectivity index (χ4n) is 1.99. The number of aryl methyl sites for hydroxylation is 2. The molecule has 0 bridgehead atoms. The molecule has 4 nitrogen and oxygen atoms in total. The van der Waals surface area contributed by atoms with E-state index in [0.717, 1.165) is 30.7 Å². The van der Waals surface area contributed by atoms with Crippen LogP contribution in [0.2, 0.25) is 0 Å². The topological polar surface area (TPSA) is 50.7 Å². The summed E-state index contributed by atoms with van der Waals surface area (Å²) in [5, 5.41) is 11.7. The molecule has 1 N–H and O–H groups in total. The SMILES string of the molecule is CCCCCC(C)Nc1nnc(CC)c(CC)n1. The van der Waals surface area contributed by atoms with Gasteiger partial charge in [0.2, 0.25) is 5.95 Å². The van der Waals surface area contributed by atoms with Crippen molar-refractivity contribution in [2.45, 2.75) is 72.3 Å². The van der Waals surface area contributed by atoms with E-state index in [2.05, 4.69) is 48.2 Å². The van der Waals surface area contributed by atoms with E-state index < -0.39 is 0 Å². The first-order chi connectivity index (χ1) is 8.71. The maximum absolute atomic E-state index is 4.55. The van der Waals surface area contributed by atoms with Crippen LogP contribution in [0.15, 0.2) is 0 Å². The minimum Gasteiger partial charge on any atom is -0.350 e. The van der Waals surface area contributed by atoms with E-state index in [1.165, 1.54) is 19.3 Å². The van der Waals surface area contributed by atoms with E-state index in [-0.39, 0.29) is 0 Å². The average Bonchev–Trinajstić information content (AvgIpc) is 2.39. The van der Waals surface area contributed by atoms with E-state index in [1.807, 2.05) is 0 Å². The summed E-state index contributed by atoms with van der Waals surface area (Å²) in [7, 11) is 0. The second-order valence-electron chi connectivity index (χ2n) is 4.78. The summed E-state index contributed by atoms with van der Waals surface area (Å²) < 4.78 is 0. The number of aromatic nitrogens is 3. The molecule has 0 aromatic carbocycles. The van der Waals surface area contributed by atoms with Crippen LogP contribution >= 0.6 is 0 Å². The molecular weight excluding hydrogens is 224 g/mol. The first-order valence-corrected chi connectivity index (χ1v) is 7.20. The molecule has 102 valence electrons. The summed E-state index contributed by atoms with van der Waals surface area (Å²) in [6, 6.07) is 0.413. The van der Waals surface area contributed by atoms with Crippen LogP contribution in [0, 0.1) is 0 Å². The van der Waals surface area contributed by atoms with Gasteiger partial charge in [0.15, 0.2) is 0 Å². The Morgan fingerprint density at radius 1 is 1.00 bits per heavy atom. The normalized spacial score (nSPS) is 12.4. The van der Waals surface area contributed by atoms with Gasteiger partial charge in [-0.25, -0.2) is 4.98 Å². The predicted molar refractivity (Wildman–Crippen MR) is 75.8 cm³/mol. The van der Waals surface area contributed by atoms with Crippen LogP contribution < -0.4 is 5.32 Å². The molecule has 0 saturated heterocycles. The zero-order valence-corrected chi connectivity index (χ0v) is 12.2. The third-order valence-electron chi connectivity index (χ3n) is 3.13. The number of hydrogen-bond acceptors (Lipinski definition) is 4. The Balaban J connectivity index is 2.56. The lowest BCUT2D eigenvalue weighted by Crippen LogP contribution is -2.18. The molecule has 1 atom stereocenters. The molecule has 0 fully saturated rings. The highest BCUT2D eigenvalue weighted by Crippen LogP contribution is 2.10. The quantitative estimate of drug-likeness (QED) is 0.719. The van der Waals surface area contributed by atoms with Crippen LogP contribution in [-0.2, 0) is 12.8 Å². The Morgan fingerprint density at radius 2 is 1.72 bits per heavy atom. The molecule has 0 amide bonds. The largest absolute Gasteiger partial charge is 0.350 e.